The second kappa shape index (κ2) is 4.70. The molecule has 3 rings (SSSR count). The van der Waals surface area contributed by atoms with Gasteiger partial charge in [-0.2, -0.15) is 0 Å². The zero-order valence-electron chi connectivity index (χ0n) is 12.8. The van der Waals surface area contributed by atoms with Gasteiger partial charge in [0.05, 0.1) is 16.8 Å². The van der Waals surface area contributed by atoms with Crippen LogP contribution in [0.1, 0.15) is 47.1 Å². The lowest BCUT2D eigenvalue weighted by atomic mass is 9.86. The average Bonchev–Trinajstić information content (AvgIpc) is 2.70. The Morgan fingerprint density at radius 3 is 1.91 bits per heavy atom. The number of amides is 2. The van der Waals surface area contributed by atoms with E-state index in [1.807, 2.05) is 20.8 Å². The minimum Gasteiger partial charge on any atom is -0.508 e. The molecule has 1 aliphatic heterocycles. The largest absolute Gasteiger partial charge is 0.508 e. The first-order valence-corrected chi connectivity index (χ1v) is 7.12. The summed E-state index contributed by atoms with van der Waals surface area (Å²) in [6.45, 7) is 5.97. The lowest BCUT2D eigenvalue weighted by Crippen LogP contribution is -2.29. The number of carbonyl (C=O) groups is 2. The van der Waals surface area contributed by atoms with Gasteiger partial charge < -0.3 is 5.11 Å². The van der Waals surface area contributed by atoms with Crippen LogP contribution < -0.4 is 4.90 Å². The summed E-state index contributed by atoms with van der Waals surface area (Å²) >= 11 is 0. The summed E-state index contributed by atoms with van der Waals surface area (Å²) in [6, 6.07) is 11.7. The number of hydrogen-bond acceptors (Lipinski definition) is 3. The molecule has 0 saturated carbocycles. The molecule has 0 aliphatic carbocycles. The fourth-order valence-electron chi connectivity index (χ4n) is 2.72. The Kier molecular flexibility index (Phi) is 3.06. The molecule has 2 amide bonds. The number of rotatable bonds is 1. The van der Waals surface area contributed by atoms with Crippen LogP contribution in [0.3, 0.4) is 0 Å². The standard InChI is InChI=1S/C18H17NO3/c1-18(2,3)14-9-8-11(10-15(14)20)19-16(21)12-6-4-5-7-13(12)17(19)22/h4-10,20H,1-3H3. The van der Waals surface area contributed by atoms with Gasteiger partial charge in [0.25, 0.3) is 11.8 Å². The Balaban J connectivity index is 2.05. The van der Waals surface area contributed by atoms with Gasteiger partial charge in [-0.05, 0) is 29.2 Å². The van der Waals surface area contributed by atoms with Crippen LogP contribution in [-0.4, -0.2) is 16.9 Å². The number of phenols is 1. The average molecular weight is 295 g/mol. The number of anilines is 1. The Labute approximate surface area is 129 Å². The summed E-state index contributed by atoms with van der Waals surface area (Å²) in [6.07, 6.45) is 0. The predicted octanol–water partition coefficient (Wildman–Crippen LogP) is 3.49. The van der Waals surface area contributed by atoms with Crippen molar-refractivity contribution in [1.29, 1.82) is 0 Å². The molecule has 22 heavy (non-hydrogen) atoms. The van der Waals surface area contributed by atoms with Gasteiger partial charge in [-0.15, -0.1) is 0 Å². The topological polar surface area (TPSA) is 57.6 Å². The van der Waals surface area contributed by atoms with Gasteiger partial charge in [0.1, 0.15) is 5.75 Å². The number of phenolic OH excluding ortho intramolecular Hbond substituents is 1. The monoisotopic (exact) mass is 295 g/mol. The minimum absolute atomic E-state index is 0.0848. The third-order valence-electron chi connectivity index (χ3n) is 3.84. The van der Waals surface area contributed by atoms with Crippen molar-refractivity contribution in [2.75, 3.05) is 4.90 Å². The molecule has 0 unspecified atom stereocenters. The van der Waals surface area contributed by atoms with Crippen molar-refractivity contribution in [3.05, 3.63) is 59.2 Å². The molecule has 1 aliphatic rings. The first-order chi connectivity index (χ1) is 10.3. The fraction of sp³-hybridized carbons (Fsp3) is 0.222. The number of hydrogen-bond donors (Lipinski definition) is 1. The van der Waals surface area contributed by atoms with Crippen molar-refractivity contribution < 1.29 is 14.7 Å². The van der Waals surface area contributed by atoms with Crippen molar-refractivity contribution in [3.63, 3.8) is 0 Å². The molecule has 0 aromatic heterocycles. The van der Waals surface area contributed by atoms with Gasteiger partial charge in [0.2, 0.25) is 0 Å². The molecule has 2 aromatic carbocycles. The van der Waals surface area contributed by atoms with E-state index in [-0.39, 0.29) is 23.0 Å². The molecule has 0 spiro atoms. The lowest BCUT2D eigenvalue weighted by Gasteiger charge is -2.22. The molecule has 0 radical (unpaired) electrons. The zero-order chi connectivity index (χ0) is 16.1. The molecule has 0 saturated heterocycles. The summed E-state index contributed by atoms with van der Waals surface area (Å²) in [5.74, 6) is -0.631. The van der Waals surface area contributed by atoms with E-state index in [0.717, 1.165) is 10.5 Å². The second-order valence-corrected chi connectivity index (χ2v) is 6.44. The van der Waals surface area contributed by atoms with Gasteiger partial charge >= 0.3 is 0 Å². The van der Waals surface area contributed by atoms with E-state index in [9.17, 15) is 14.7 Å². The molecular weight excluding hydrogens is 278 g/mol. The van der Waals surface area contributed by atoms with Gasteiger partial charge in [-0.25, -0.2) is 4.90 Å². The maximum atomic E-state index is 12.4. The highest BCUT2D eigenvalue weighted by Crippen LogP contribution is 2.36. The highest BCUT2D eigenvalue weighted by Gasteiger charge is 2.36. The summed E-state index contributed by atoms with van der Waals surface area (Å²) in [7, 11) is 0. The number of nitrogens with zero attached hydrogens (tertiary/aromatic N) is 1. The predicted molar refractivity (Wildman–Crippen MR) is 84.4 cm³/mol. The Morgan fingerprint density at radius 2 is 1.45 bits per heavy atom. The smallest absolute Gasteiger partial charge is 0.266 e. The van der Waals surface area contributed by atoms with Gasteiger partial charge in [-0.3, -0.25) is 9.59 Å². The van der Waals surface area contributed by atoms with Crippen molar-refractivity contribution >= 4 is 17.5 Å². The lowest BCUT2D eigenvalue weighted by molar-refractivity contribution is 0.0926. The molecule has 4 heteroatoms. The van der Waals surface area contributed by atoms with Crippen LogP contribution >= 0.6 is 0 Å². The summed E-state index contributed by atoms with van der Waals surface area (Å²) in [5, 5.41) is 10.2. The Hall–Kier alpha value is -2.62. The van der Waals surface area contributed by atoms with Crippen molar-refractivity contribution in [1.82, 2.24) is 0 Å². The third-order valence-corrected chi connectivity index (χ3v) is 3.84. The van der Waals surface area contributed by atoms with Crippen molar-refractivity contribution in [3.8, 4) is 5.75 Å². The molecule has 0 fully saturated rings. The highest BCUT2D eigenvalue weighted by molar-refractivity contribution is 6.34. The van der Waals surface area contributed by atoms with Crippen molar-refractivity contribution in [2.24, 2.45) is 0 Å². The van der Waals surface area contributed by atoms with Crippen LogP contribution in [0.5, 0.6) is 5.75 Å². The second-order valence-electron chi connectivity index (χ2n) is 6.44. The number of fused-ring (bicyclic) bond motifs is 1. The van der Waals surface area contributed by atoms with Crippen LogP contribution in [0.4, 0.5) is 5.69 Å². The first kappa shape index (κ1) is 14.3. The van der Waals surface area contributed by atoms with E-state index in [1.165, 1.54) is 6.07 Å². The van der Waals surface area contributed by atoms with Crippen LogP contribution in [-0.2, 0) is 5.41 Å². The third kappa shape index (κ3) is 2.08. The van der Waals surface area contributed by atoms with E-state index >= 15 is 0 Å². The molecule has 0 atom stereocenters. The van der Waals surface area contributed by atoms with E-state index in [4.69, 9.17) is 0 Å². The number of carbonyl (C=O) groups excluding carboxylic acids is 2. The zero-order valence-corrected chi connectivity index (χ0v) is 12.8. The van der Waals surface area contributed by atoms with Gasteiger partial charge in [0.15, 0.2) is 0 Å². The summed E-state index contributed by atoms with van der Waals surface area (Å²) < 4.78 is 0. The number of benzene rings is 2. The van der Waals surface area contributed by atoms with E-state index < -0.39 is 0 Å². The van der Waals surface area contributed by atoms with E-state index in [2.05, 4.69) is 0 Å². The first-order valence-electron chi connectivity index (χ1n) is 7.12. The molecular formula is C18H17NO3. The number of imide groups is 1. The maximum absolute atomic E-state index is 12.4. The maximum Gasteiger partial charge on any atom is 0.266 e. The summed E-state index contributed by atoms with van der Waals surface area (Å²) in [4.78, 5) is 26.0. The molecule has 112 valence electrons. The SMILES string of the molecule is CC(C)(C)c1ccc(N2C(=O)c3ccccc3C2=O)cc1O. The normalized spacial score (nSPS) is 14.4. The fourth-order valence-corrected chi connectivity index (χ4v) is 2.72. The van der Waals surface area contributed by atoms with E-state index in [1.54, 1.807) is 36.4 Å². The molecule has 2 aromatic rings. The van der Waals surface area contributed by atoms with E-state index in [0.29, 0.717) is 16.8 Å². The Morgan fingerprint density at radius 1 is 0.909 bits per heavy atom. The number of aromatic hydroxyl groups is 1. The minimum atomic E-state index is -0.358. The van der Waals surface area contributed by atoms with Crippen LogP contribution in [0.15, 0.2) is 42.5 Å². The molecule has 4 nitrogen and oxygen atoms in total. The molecule has 0 bridgehead atoms. The van der Waals surface area contributed by atoms with Crippen LogP contribution in [0.25, 0.3) is 0 Å². The Bertz CT molecular complexity index is 752. The molecule has 1 heterocycles. The van der Waals surface area contributed by atoms with Gasteiger partial charge in [-0.1, -0.05) is 39.0 Å². The quantitative estimate of drug-likeness (QED) is 0.819. The van der Waals surface area contributed by atoms with Gasteiger partial charge in [0, 0.05) is 6.07 Å². The van der Waals surface area contributed by atoms with Crippen LogP contribution in [0.2, 0.25) is 0 Å². The highest BCUT2D eigenvalue weighted by atomic mass is 16.3. The summed E-state index contributed by atoms with van der Waals surface area (Å²) in [5.41, 5.74) is 1.73. The molecule has 1 N–H and O–H groups in total. The van der Waals surface area contributed by atoms with Crippen LogP contribution in [0, 0.1) is 0 Å². The van der Waals surface area contributed by atoms with Crippen molar-refractivity contribution in [2.45, 2.75) is 26.2 Å².